The number of benzene rings is 8. The van der Waals surface area contributed by atoms with Crippen LogP contribution in [-0.2, 0) is 5.41 Å². The Kier molecular flexibility index (Phi) is 7.86. The second-order valence-electron chi connectivity index (χ2n) is 19.8. The zero-order valence-corrected chi connectivity index (χ0v) is 37.1. The molecular formula is C61H46N6. The fourth-order valence-electron chi connectivity index (χ4n) is 13.7. The first-order valence-corrected chi connectivity index (χ1v) is 24.1. The standard InChI is InChI=1S/C61H46N6/c1-4-16-41(17-5-1)58-62-59(64-60(63-58)61-35-38-32-39(36-61)34-40(33-38)37-61)42-28-30-45(31-29-42)65-49-25-13-10-22-46(49)52-53-47-23-11-14-26-50(47)66(43-18-6-2-7-19-43)56(53)57-54(55(52)65)48-24-12-15-27-51(48)67(57)44-20-8-3-9-21-44/h1-31,38-40H,32-37H2. The topological polar surface area (TPSA) is 53.5 Å². The molecule has 4 aliphatic rings. The van der Waals surface area contributed by atoms with Crippen molar-refractivity contribution in [2.45, 2.75) is 43.9 Å². The van der Waals surface area contributed by atoms with Gasteiger partial charge in [0.1, 0.15) is 5.82 Å². The summed E-state index contributed by atoms with van der Waals surface area (Å²) in [4.78, 5) is 16.1. The Morgan fingerprint density at radius 2 is 0.716 bits per heavy atom. The Hall–Kier alpha value is -7.83. The van der Waals surface area contributed by atoms with Gasteiger partial charge < -0.3 is 13.7 Å². The first-order valence-electron chi connectivity index (χ1n) is 24.1. The fourth-order valence-corrected chi connectivity index (χ4v) is 13.7. The fraction of sp³-hybridized carbons (Fsp3) is 0.164. The van der Waals surface area contributed by atoms with Gasteiger partial charge in [-0.15, -0.1) is 0 Å². The lowest BCUT2D eigenvalue weighted by molar-refractivity contribution is -0.00938. The third-order valence-electron chi connectivity index (χ3n) is 15.9. The van der Waals surface area contributed by atoms with Gasteiger partial charge in [0.15, 0.2) is 11.6 Å². The molecule has 0 N–H and O–H groups in total. The number of para-hydroxylation sites is 5. The van der Waals surface area contributed by atoms with Gasteiger partial charge >= 0.3 is 0 Å². The molecule has 0 atom stereocenters. The van der Waals surface area contributed by atoms with E-state index in [1.807, 2.05) is 0 Å². The first kappa shape index (κ1) is 37.4. The monoisotopic (exact) mass is 862 g/mol. The molecule has 6 heteroatoms. The van der Waals surface area contributed by atoms with Crippen LogP contribution in [0.5, 0.6) is 0 Å². The molecule has 67 heavy (non-hydrogen) atoms. The molecule has 6 nitrogen and oxygen atoms in total. The number of aromatic nitrogens is 6. The van der Waals surface area contributed by atoms with E-state index < -0.39 is 0 Å². The molecule has 4 aliphatic carbocycles. The summed E-state index contributed by atoms with van der Waals surface area (Å²) < 4.78 is 7.53. The summed E-state index contributed by atoms with van der Waals surface area (Å²) in [6.07, 6.45) is 7.76. The second-order valence-corrected chi connectivity index (χ2v) is 19.8. The third kappa shape index (κ3) is 5.41. The van der Waals surface area contributed by atoms with E-state index in [2.05, 4.69) is 202 Å². The molecule has 320 valence electrons. The van der Waals surface area contributed by atoms with E-state index in [1.54, 1.807) is 0 Å². The number of hydrogen-bond acceptors (Lipinski definition) is 3. The van der Waals surface area contributed by atoms with Crippen molar-refractivity contribution < 1.29 is 0 Å². The first-order chi connectivity index (χ1) is 33.2. The molecule has 0 radical (unpaired) electrons. The van der Waals surface area contributed by atoms with E-state index >= 15 is 0 Å². The number of hydrogen-bond donors (Lipinski definition) is 0. The van der Waals surface area contributed by atoms with Crippen molar-refractivity contribution in [3.63, 3.8) is 0 Å². The zero-order valence-electron chi connectivity index (χ0n) is 37.1. The predicted molar refractivity (Wildman–Crippen MR) is 274 cm³/mol. The molecule has 16 rings (SSSR count). The molecule has 4 bridgehead atoms. The lowest BCUT2D eigenvalue weighted by atomic mass is 9.49. The lowest BCUT2D eigenvalue weighted by Gasteiger charge is -2.56. The highest BCUT2D eigenvalue weighted by molar-refractivity contribution is 6.40. The molecular weight excluding hydrogens is 817 g/mol. The summed E-state index contributed by atoms with van der Waals surface area (Å²) in [5.74, 6) is 4.93. The van der Waals surface area contributed by atoms with Crippen LogP contribution >= 0.6 is 0 Å². The maximum absolute atomic E-state index is 5.47. The maximum Gasteiger partial charge on any atom is 0.163 e. The summed E-state index contributed by atoms with van der Waals surface area (Å²) in [7, 11) is 0. The van der Waals surface area contributed by atoms with Crippen LogP contribution in [0.25, 0.3) is 105 Å². The van der Waals surface area contributed by atoms with E-state index in [0.717, 1.165) is 63.4 Å². The molecule has 0 unspecified atom stereocenters. The molecule has 0 aliphatic heterocycles. The third-order valence-corrected chi connectivity index (χ3v) is 15.9. The lowest BCUT2D eigenvalue weighted by Crippen LogP contribution is -2.49. The quantitative estimate of drug-likeness (QED) is 0.167. The Labute approximate surface area is 387 Å². The van der Waals surface area contributed by atoms with Gasteiger partial charge in [-0.2, -0.15) is 0 Å². The van der Waals surface area contributed by atoms with Crippen molar-refractivity contribution in [3.05, 3.63) is 194 Å². The van der Waals surface area contributed by atoms with Crippen molar-refractivity contribution >= 4 is 65.4 Å². The number of fused-ring (bicyclic) bond motifs is 12. The van der Waals surface area contributed by atoms with E-state index in [0.29, 0.717) is 0 Å². The van der Waals surface area contributed by atoms with Crippen LogP contribution < -0.4 is 0 Å². The van der Waals surface area contributed by atoms with Crippen LogP contribution in [0.2, 0.25) is 0 Å². The van der Waals surface area contributed by atoms with Gasteiger partial charge in [0.05, 0.1) is 33.1 Å². The van der Waals surface area contributed by atoms with Crippen molar-refractivity contribution in [3.8, 4) is 39.8 Å². The van der Waals surface area contributed by atoms with E-state index in [1.165, 1.54) is 104 Å². The van der Waals surface area contributed by atoms with Gasteiger partial charge in [-0.05, 0) is 123 Å². The Balaban J connectivity index is 1.02. The summed E-state index contributed by atoms with van der Waals surface area (Å²) >= 11 is 0. The van der Waals surface area contributed by atoms with Crippen LogP contribution in [0, 0.1) is 17.8 Å². The molecule has 4 heterocycles. The molecule has 12 aromatic rings. The van der Waals surface area contributed by atoms with Crippen LogP contribution in [0.1, 0.15) is 44.3 Å². The number of nitrogens with zero attached hydrogens (tertiary/aromatic N) is 6. The van der Waals surface area contributed by atoms with Gasteiger partial charge in [0.25, 0.3) is 0 Å². The van der Waals surface area contributed by atoms with E-state index in [9.17, 15) is 0 Å². The molecule has 0 spiro atoms. The summed E-state index contributed by atoms with van der Waals surface area (Å²) in [6.45, 7) is 0. The summed E-state index contributed by atoms with van der Waals surface area (Å²) in [5.41, 5.74) is 12.6. The number of rotatable bonds is 6. The van der Waals surface area contributed by atoms with Crippen LogP contribution in [0.4, 0.5) is 0 Å². The minimum atomic E-state index is 0.0398. The predicted octanol–water partition coefficient (Wildman–Crippen LogP) is 15.0. The highest BCUT2D eigenvalue weighted by atomic mass is 15.1. The van der Waals surface area contributed by atoms with Gasteiger partial charge in [0.2, 0.25) is 0 Å². The summed E-state index contributed by atoms with van der Waals surface area (Å²) in [5, 5.41) is 7.42. The normalized spacial score (nSPS) is 20.1. The minimum Gasteiger partial charge on any atom is -0.309 e. The molecule has 0 saturated heterocycles. The van der Waals surface area contributed by atoms with Crippen molar-refractivity contribution in [1.29, 1.82) is 0 Å². The van der Waals surface area contributed by atoms with Gasteiger partial charge in [-0.25, -0.2) is 15.0 Å². The highest BCUT2D eigenvalue weighted by Gasteiger charge is 2.53. The van der Waals surface area contributed by atoms with Crippen LogP contribution in [-0.4, -0.2) is 28.7 Å². The van der Waals surface area contributed by atoms with Crippen molar-refractivity contribution in [1.82, 2.24) is 28.7 Å². The van der Waals surface area contributed by atoms with E-state index in [4.69, 9.17) is 15.0 Å². The van der Waals surface area contributed by atoms with Gasteiger partial charge in [-0.3, -0.25) is 0 Å². The average molecular weight is 863 g/mol. The molecule has 8 aromatic carbocycles. The molecule has 4 aromatic heterocycles. The minimum absolute atomic E-state index is 0.0398. The smallest absolute Gasteiger partial charge is 0.163 e. The van der Waals surface area contributed by atoms with Crippen LogP contribution in [0.15, 0.2) is 188 Å². The zero-order chi connectivity index (χ0) is 43.8. The van der Waals surface area contributed by atoms with Crippen molar-refractivity contribution in [2.24, 2.45) is 17.8 Å². The van der Waals surface area contributed by atoms with Gasteiger partial charge in [0, 0.05) is 65.9 Å². The maximum atomic E-state index is 5.47. The summed E-state index contributed by atoms with van der Waals surface area (Å²) in [6, 6.07) is 68.3. The van der Waals surface area contributed by atoms with Crippen LogP contribution in [0.3, 0.4) is 0 Å². The SMILES string of the molecule is c1ccc(-c2nc(-c3ccc(-n4c5ccccc5c5c6c7ccccc7n(-c7ccccc7)c6c6c(c7ccccc7n6-c6ccccc6)c54)cc3)nc(C34CC5CC(CC(C5)C3)C4)n2)cc1. The Bertz CT molecular complexity index is 3900. The average Bonchev–Trinajstić information content (AvgIpc) is 4.03. The second kappa shape index (κ2) is 14.1. The van der Waals surface area contributed by atoms with Gasteiger partial charge in [-0.1, -0.05) is 121 Å². The largest absolute Gasteiger partial charge is 0.309 e. The Morgan fingerprint density at radius 1 is 0.343 bits per heavy atom. The Morgan fingerprint density at radius 3 is 1.22 bits per heavy atom. The molecule has 4 saturated carbocycles. The molecule has 4 fully saturated rings. The molecule has 0 amide bonds. The van der Waals surface area contributed by atoms with E-state index in [-0.39, 0.29) is 5.41 Å². The highest BCUT2D eigenvalue weighted by Crippen LogP contribution is 2.60. The van der Waals surface area contributed by atoms with Crippen molar-refractivity contribution in [2.75, 3.05) is 0 Å².